The molecular weight excluding hydrogens is 1120 g/mol. The maximum Gasteiger partial charge on any atom is 0.419 e. The second kappa shape index (κ2) is 28.3. The molecule has 4 unspecified atom stereocenters. The fraction of sp³-hybridized carbons (Fsp3) is 0.909. The zero-order chi connectivity index (χ0) is 67.2. The molecule has 502 valence electrons. The lowest BCUT2D eigenvalue weighted by Crippen LogP contribution is -2.70. The second-order valence-corrected chi connectivity index (χ2v) is 31.5. The lowest BCUT2D eigenvalue weighted by atomic mass is 9.37. The molecule has 5 saturated carbocycles. The van der Waals surface area contributed by atoms with Gasteiger partial charge >= 0.3 is 42.0 Å². The Hall–Kier alpha value is -3.59. The van der Waals surface area contributed by atoms with E-state index in [9.17, 15) is 62.4 Å². The van der Waals surface area contributed by atoms with Crippen molar-refractivity contribution in [2.75, 3.05) is 26.4 Å². The molecule has 20 heteroatoms. The number of halogens is 3. The molecule has 17 nitrogen and oxygen atoms in total. The van der Waals surface area contributed by atoms with E-state index >= 15 is 0 Å². The van der Waals surface area contributed by atoms with Crippen LogP contribution in [0.1, 0.15) is 256 Å². The smallest absolute Gasteiger partial charge is 0.419 e. The van der Waals surface area contributed by atoms with Gasteiger partial charge in [0, 0.05) is 16.2 Å². The van der Waals surface area contributed by atoms with Crippen LogP contribution in [-0.2, 0) is 61.9 Å². The predicted octanol–water partition coefficient (Wildman–Crippen LogP) is 12.4. The Kier molecular flexibility index (Phi) is 25.8. The van der Waals surface area contributed by atoms with Gasteiger partial charge in [0.15, 0.2) is 11.2 Å². The maximum absolute atomic E-state index is 12.9. The second-order valence-electron chi connectivity index (χ2n) is 31.5. The van der Waals surface area contributed by atoms with Gasteiger partial charge in [-0.3, -0.25) is 24.0 Å². The molecule has 6 aliphatic rings. The molecule has 6 fully saturated rings. The quantitative estimate of drug-likeness (QED) is 0.0581. The first-order chi connectivity index (χ1) is 38.5. The van der Waals surface area contributed by atoms with Crippen molar-refractivity contribution in [2.45, 2.75) is 308 Å². The Morgan fingerprint density at radius 2 is 0.919 bits per heavy atom. The summed E-state index contributed by atoms with van der Waals surface area (Å²) in [5.74, 6) is -1.42. The van der Waals surface area contributed by atoms with E-state index in [1.165, 1.54) is 13.8 Å². The largest absolute Gasteiger partial charge is 0.465 e. The van der Waals surface area contributed by atoms with Crippen LogP contribution >= 0.6 is 0 Å². The maximum atomic E-state index is 12.9. The molecule has 0 aromatic rings. The molecule has 1 heterocycles. The van der Waals surface area contributed by atoms with E-state index < -0.39 is 79.4 Å². The highest BCUT2D eigenvalue weighted by molar-refractivity contribution is 5.79. The fourth-order valence-corrected chi connectivity index (χ4v) is 11.3. The average molecular weight is 1240 g/mol. The number of aliphatic hydroxyl groups is 4. The minimum absolute atomic E-state index is 0.0423. The lowest BCUT2D eigenvalue weighted by Gasteiger charge is -2.70. The number of esters is 6. The number of alkyl halides is 3. The van der Waals surface area contributed by atoms with E-state index in [4.69, 9.17) is 33.2 Å². The molecule has 4 bridgehead atoms. The zero-order valence-electron chi connectivity index (χ0n) is 57.0. The summed E-state index contributed by atoms with van der Waals surface area (Å²) in [6, 6.07) is 0. The summed E-state index contributed by atoms with van der Waals surface area (Å²) in [4.78, 5) is 70.8. The van der Waals surface area contributed by atoms with Gasteiger partial charge in [0.1, 0.15) is 24.4 Å². The lowest BCUT2D eigenvalue weighted by molar-refractivity contribution is -0.288. The van der Waals surface area contributed by atoms with Crippen LogP contribution in [-0.4, -0.2) is 135 Å². The van der Waals surface area contributed by atoms with E-state index in [0.717, 1.165) is 39.0 Å². The Bertz CT molecular complexity index is 2260. The first-order valence-corrected chi connectivity index (χ1v) is 31.2. The van der Waals surface area contributed by atoms with Crippen molar-refractivity contribution in [2.24, 2.45) is 49.7 Å². The summed E-state index contributed by atoms with van der Waals surface area (Å²) in [5.41, 5.74) is -10.6. The third-order valence-corrected chi connectivity index (χ3v) is 19.7. The van der Waals surface area contributed by atoms with Crippen molar-refractivity contribution in [3.63, 3.8) is 0 Å². The minimum atomic E-state index is -4.74. The van der Waals surface area contributed by atoms with Gasteiger partial charge in [-0.2, -0.15) is 13.2 Å². The number of cyclic esters (lactones) is 1. The van der Waals surface area contributed by atoms with Gasteiger partial charge in [0.05, 0.1) is 64.7 Å². The number of ether oxygens (including phenoxy) is 7. The molecular formula is C66H115F3O17. The summed E-state index contributed by atoms with van der Waals surface area (Å²) in [6.07, 6.45) is 5.50. The molecule has 0 aromatic carbocycles. The first-order valence-electron chi connectivity index (χ1n) is 31.2. The topological polar surface area (TPSA) is 248 Å². The van der Waals surface area contributed by atoms with Crippen molar-refractivity contribution in [3.05, 3.63) is 0 Å². The number of hydrogen-bond donors (Lipinski definition) is 4. The molecule has 4 N–H and O–H groups in total. The molecule has 5 aliphatic carbocycles. The van der Waals surface area contributed by atoms with E-state index in [1.54, 1.807) is 13.8 Å². The van der Waals surface area contributed by atoms with Gasteiger partial charge in [-0.25, -0.2) is 4.79 Å². The van der Waals surface area contributed by atoms with Gasteiger partial charge < -0.3 is 53.6 Å². The van der Waals surface area contributed by atoms with E-state index in [0.29, 0.717) is 63.7 Å². The minimum Gasteiger partial charge on any atom is -0.465 e. The predicted molar refractivity (Wildman–Crippen MR) is 320 cm³/mol. The molecule has 1 aliphatic heterocycles. The van der Waals surface area contributed by atoms with Gasteiger partial charge in [-0.05, 0) is 219 Å². The monoisotopic (exact) mass is 1240 g/mol. The third-order valence-electron chi connectivity index (χ3n) is 19.7. The summed E-state index contributed by atoms with van der Waals surface area (Å²) in [5, 5.41) is 41.2. The van der Waals surface area contributed by atoms with Gasteiger partial charge in [0.25, 0.3) is 0 Å². The number of carbonyl (C=O) groups is 6. The Morgan fingerprint density at radius 3 is 1.29 bits per heavy atom. The first kappa shape index (κ1) is 78.5. The molecule has 6 rings (SSSR count). The zero-order valence-corrected chi connectivity index (χ0v) is 57.0. The summed E-state index contributed by atoms with van der Waals surface area (Å²) >= 11 is 0. The van der Waals surface area contributed by atoms with E-state index in [1.807, 2.05) is 125 Å². The standard InChI is InChI=1S/C22H38O4.C19H33F3O4.C15H28O5.C10H16O4/c1-8-17(2,3)16(23)26-22-11-15-9-20(13-22,18(4,5)24)12-21(10-15,14-22)19(6,7)25;1-7-16(2,3)15(23)26-14-10-8-13(9-11-14)17(4,5)25-12-18(6,24)19(20,21)22;1-8-14(4,5)11(16)19-9-13(2,3)10-20-12(17)15(6,7)18;1-4-10(2,3)9(12)14-7-5-8(11)13-6-7/h15,24-25H,8-14H2,1-7H3;13-14,24H,7-12H2,1-6H3;18H,8-10H2,1-7H3;7H,4-6H2,1-3H3. The van der Waals surface area contributed by atoms with E-state index in [2.05, 4.69) is 0 Å². The Morgan fingerprint density at radius 1 is 0.523 bits per heavy atom. The summed E-state index contributed by atoms with van der Waals surface area (Å²) in [6.45, 7) is 40.5. The van der Waals surface area contributed by atoms with Crippen LogP contribution in [0.25, 0.3) is 0 Å². The molecule has 0 aromatic heterocycles. The summed E-state index contributed by atoms with van der Waals surface area (Å²) < 4.78 is 75.8. The van der Waals surface area contributed by atoms with Crippen LogP contribution in [0.15, 0.2) is 0 Å². The SMILES string of the molecule is CCC(C)(C)C(=O)OC12CC3CC(C(C)(C)O)(C1)CC(C(C)(C)O)(C3)C2.CCC(C)(C)C(=O)OC1CCC(C(C)(C)OCC(C)(O)C(F)(F)F)CC1.CCC(C)(C)C(=O)OC1COC(=O)C1.CCC(C)(C)C(=O)OCC(C)(C)COC(=O)C(C)(C)O. The number of hydrogen-bond acceptors (Lipinski definition) is 17. The molecule has 1 saturated heterocycles. The van der Waals surface area contributed by atoms with Gasteiger partial charge in [0.2, 0.25) is 0 Å². The summed E-state index contributed by atoms with van der Waals surface area (Å²) in [7, 11) is 0. The van der Waals surface area contributed by atoms with Crippen molar-refractivity contribution < 1.29 is 95.5 Å². The van der Waals surface area contributed by atoms with Crippen LogP contribution in [0, 0.1) is 49.7 Å². The van der Waals surface area contributed by atoms with Crippen LogP contribution in [0.5, 0.6) is 0 Å². The Balaban J connectivity index is 0.000000401. The van der Waals surface area contributed by atoms with Gasteiger partial charge in [-0.15, -0.1) is 0 Å². The molecule has 0 amide bonds. The van der Waals surface area contributed by atoms with Crippen LogP contribution < -0.4 is 0 Å². The molecule has 0 spiro atoms. The highest BCUT2D eigenvalue weighted by Crippen LogP contribution is 2.72. The van der Waals surface area contributed by atoms with Crippen molar-refractivity contribution in [1.82, 2.24) is 0 Å². The van der Waals surface area contributed by atoms with Crippen LogP contribution in [0.4, 0.5) is 13.2 Å². The third kappa shape index (κ3) is 21.0. The van der Waals surface area contributed by atoms with Crippen molar-refractivity contribution >= 4 is 35.8 Å². The number of carbonyl (C=O) groups excluding carboxylic acids is 6. The average Bonchev–Trinajstić information content (AvgIpc) is 0.720. The highest BCUT2D eigenvalue weighted by Gasteiger charge is 2.71. The molecule has 4 atom stereocenters. The van der Waals surface area contributed by atoms with Gasteiger partial charge in [-0.1, -0.05) is 41.5 Å². The normalized spacial score (nSPS) is 26.2. The number of rotatable bonds is 22. The Labute approximate surface area is 513 Å². The molecule has 0 radical (unpaired) electrons. The van der Waals surface area contributed by atoms with E-state index in [-0.39, 0.29) is 85.0 Å². The van der Waals surface area contributed by atoms with Crippen LogP contribution in [0.3, 0.4) is 0 Å². The fourth-order valence-electron chi connectivity index (χ4n) is 11.3. The molecule has 86 heavy (non-hydrogen) atoms. The van der Waals surface area contributed by atoms with Crippen LogP contribution in [0.2, 0.25) is 0 Å². The highest BCUT2D eigenvalue weighted by atomic mass is 19.4. The van der Waals surface area contributed by atoms with Crippen molar-refractivity contribution in [1.29, 1.82) is 0 Å². The van der Waals surface area contributed by atoms with Crippen molar-refractivity contribution in [3.8, 4) is 0 Å².